The molecule has 30 heavy (non-hydrogen) atoms. The number of nitrogens with zero attached hydrogens (tertiary/aromatic N) is 2. The monoisotopic (exact) mass is 429 g/mol. The Hall–Kier alpha value is -3.29. The van der Waals surface area contributed by atoms with E-state index in [9.17, 15) is 9.70 Å². The van der Waals surface area contributed by atoms with Crippen LogP contribution in [-0.2, 0) is 6.42 Å². The summed E-state index contributed by atoms with van der Waals surface area (Å²) >= 11 is 3.22. The Balaban J connectivity index is 1.38. The SMILES string of the molecule is O=Nc1ccc(-c2ncc(Cc3ccc4c(c3)NC(=O)c3ccccc3S4)s2)cc1. The van der Waals surface area contributed by atoms with Gasteiger partial charge in [0.2, 0.25) is 0 Å². The molecule has 0 bridgehead atoms. The second-order valence-electron chi connectivity index (χ2n) is 6.83. The molecule has 0 saturated heterocycles. The van der Waals surface area contributed by atoms with Crippen molar-refractivity contribution < 1.29 is 4.79 Å². The lowest BCUT2D eigenvalue weighted by Crippen LogP contribution is -2.11. The number of hydrogen-bond donors (Lipinski definition) is 1. The number of rotatable bonds is 4. The van der Waals surface area contributed by atoms with Crippen LogP contribution in [0.25, 0.3) is 10.6 Å². The molecule has 0 saturated carbocycles. The van der Waals surface area contributed by atoms with Gasteiger partial charge in [0.15, 0.2) is 0 Å². The predicted molar refractivity (Wildman–Crippen MR) is 121 cm³/mol. The first-order valence-corrected chi connectivity index (χ1v) is 10.9. The lowest BCUT2D eigenvalue weighted by molar-refractivity contribution is 0.102. The summed E-state index contributed by atoms with van der Waals surface area (Å²) in [6.45, 7) is 0. The highest BCUT2D eigenvalue weighted by molar-refractivity contribution is 7.99. The van der Waals surface area contributed by atoms with Crippen molar-refractivity contribution in [3.63, 3.8) is 0 Å². The maximum absolute atomic E-state index is 12.6. The van der Waals surface area contributed by atoms with Crippen LogP contribution in [0.3, 0.4) is 0 Å². The summed E-state index contributed by atoms with van der Waals surface area (Å²) in [4.78, 5) is 30.8. The number of thiazole rings is 1. The fraction of sp³-hybridized carbons (Fsp3) is 0.0435. The summed E-state index contributed by atoms with van der Waals surface area (Å²) in [6.07, 6.45) is 2.60. The van der Waals surface area contributed by atoms with Gasteiger partial charge >= 0.3 is 0 Å². The lowest BCUT2D eigenvalue weighted by atomic mass is 10.1. The summed E-state index contributed by atoms with van der Waals surface area (Å²) < 4.78 is 0. The second kappa shape index (κ2) is 7.85. The van der Waals surface area contributed by atoms with E-state index in [4.69, 9.17) is 0 Å². The zero-order valence-corrected chi connectivity index (χ0v) is 17.3. The van der Waals surface area contributed by atoms with E-state index in [0.717, 1.165) is 42.9 Å². The molecule has 1 aromatic heterocycles. The minimum atomic E-state index is -0.0812. The van der Waals surface area contributed by atoms with Crippen LogP contribution >= 0.6 is 23.1 Å². The summed E-state index contributed by atoms with van der Waals surface area (Å²) in [5.74, 6) is -0.0812. The van der Waals surface area contributed by atoms with Crippen molar-refractivity contribution >= 4 is 40.4 Å². The smallest absolute Gasteiger partial charge is 0.256 e. The van der Waals surface area contributed by atoms with Crippen molar-refractivity contribution in [3.05, 3.63) is 93.8 Å². The van der Waals surface area contributed by atoms with Crippen LogP contribution in [0.2, 0.25) is 0 Å². The summed E-state index contributed by atoms with van der Waals surface area (Å²) in [7, 11) is 0. The molecule has 5 rings (SSSR count). The number of fused-ring (bicyclic) bond motifs is 2. The van der Waals surface area contributed by atoms with Crippen molar-refractivity contribution in [2.75, 3.05) is 5.32 Å². The first-order valence-electron chi connectivity index (χ1n) is 9.29. The Morgan fingerprint density at radius 2 is 1.80 bits per heavy atom. The number of aromatic nitrogens is 1. The molecule has 0 fully saturated rings. The van der Waals surface area contributed by atoms with Crippen molar-refractivity contribution in [1.82, 2.24) is 4.98 Å². The second-order valence-corrected chi connectivity index (χ2v) is 9.03. The summed E-state index contributed by atoms with van der Waals surface area (Å²) in [5.41, 5.74) is 4.00. The van der Waals surface area contributed by atoms with E-state index in [1.54, 1.807) is 35.2 Å². The van der Waals surface area contributed by atoms with Crippen LogP contribution in [-0.4, -0.2) is 10.9 Å². The standard InChI is InChI=1S/C23H15N3O2S2/c27-22-18-3-1-2-4-20(18)30-21-10-5-14(12-19(21)25-22)11-17-13-24-23(29-17)15-6-8-16(26-28)9-7-15/h1-10,12-13H,11H2,(H,25,27). The van der Waals surface area contributed by atoms with Crippen LogP contribution in [0.1, 0.15) is 20.8 Å². The number of benzene rings is 3. The van der Waals surface area contributed by atoms with E-state index in [1.165, 1.54) is 0 Å². The first kappa shape index (κ1) is 18.7. The zero-order chi connectivity index (χ0) is 20.5. The molecule has 1 N–H and O–H groups in total. The van der Waals surface area contributed by atoms with Gasteiger partial charge in [0, 0.05) is 32.8 Å². The molecule has 0 atom stereocenters. The number of nitroso groups, excluding NO2 is 1. The fourth-order valence-electron chi connectivity index (χ4n) is 3.31. The molecule has 1 aliphatic heterocycles. The van der Waals surface area contributed by atoms with Crippen molar-refractivity contribution in [2.24, 2.45) is 5.18 Å². The third kappa shape index (κ3) is 3.65. The fourth-order valence-corrected chi connectivity index (χ4v) is 5.28. The van der Waals surface area contributed by atoms with E-state index in [0.29, 0.717) is 11.3 Å². The van der Waals surface area contributed by atoms with E-state index >= 15 is 0 Å². The van der Waals surface area contributed by atoms with Gasteiger partial charge in [0.25, 0.3) is 5.91 Å². The van der Waals surface area contributed by atoms with Crippen molar-refractivity contribution in [1.29, 1.82) is 0 Å². The van der Waals surface area contributed by atoms with Crippen molar-refractivity contribution in [2.45, 2.75) is 16.2 Å². The minimum absolute atomic E-state index is 0.0812. The number of hydrogen-bond acceptors (Lipinski definition) is 6. The van der Waals surface area contributed by atoms with E-state index < -0.39 is 0 Å². The number of amides is 1. The van der Waals surface area contributed by atoms with Gasteiger partial charge in [-0.3, -0.25) is 4.79 Å². The Morgan fingerprint density at radius 1 is 0.967 bits per heavy atom. The highest BCUT2D eigenvalue weighted by Gasteiger charge is 2.19. The molecule has 4 aromatic rings. The average Bonchev–Trinajstić information content (AvgIpc) is 3.18. The van der Waals surface area contributed by atoms with Gasteiger partial charge in [-0.25, -0.2) is 4.98 Å². The quantitative estimate of drug-likeness (QED) is 0.375. The van der Waals surface area contributed by atoms with Crippen LogP contribution < -0.4 is 5.32 Å². The first-order chi connectivity index (χ1) is 14.7. The van der Waals surface area contributed by atoms with Crippen LogP contribution in [0.5, 0.6) is 0 Å². The molecular formula is C23H15N3O2S2. The Morgan fingerprint density at radius 3 is 2.63 bits per heavy atom. The van der Waals surface area contributed by atoms with Gasteiger partial charge in [-0.1, -0.05) is 30.0 Å². The van der Waals surface area contributed by atoms with Gasteiger partial charge in [-0.15, -0.1) is 16.2 Å². The highest BCUT2D eigenvalue weighted by Crippen LogP contribution is 2.39. The third-order valence-electron chi connectivity index (χ3n) is 4.80. The molecule has 2 heterocycles. The molecule has 0 radical (unpaired) electrons. The normalized spacial score (nSPS) is 12.5. The van der Waals surface area contributed by atoms with Crippen molar-refractivity contribution in [3.8, 4) is 10.6 Å². The zero-order valence-electron chi connectivity index (χ0n) is 15.7. The van der Waals surface area contributed by atoms with E-state index in [2.05, 4.69) is 27.6 Å². The Bertz CT molecular complexity index is 1270. The Kier molecular flexibility index (Phi) is 4.90. The Labute approximate surface area is 181 Å². The van der Waals surface area contributed by atoms with Crippen LogP contribution in [0.15, 0.2) is 87.9 Å². The average molecular weight is 430 g/mol. The molecule has 0 aliphatic carbocycles. The number of carbonyl (C=O) groups is 1. The number of anilines is 1. The van der Waals surface area contributed by atoms with Gasteiger partial charge in [0.1, 0.15) is 10.7 Å². The lowest BCUT2D eigenvalue weighted by Gasteiger charge is -2.08. The summed E-state index contributed by atoms with van der Waals surface area (Å²) in [6, 6.07) is 20.9. The molecule has 0 spiro atoms. The van der Waals surface area contributed by atoms with Crippen LogP contribution in [0.4, 0.5) is 11.4 Å². The van der Waals surface area contributed by atoms with Gasteiger partial charge in [0.05, 0.1) is 11.3 Å². The van der Waals surface area contributed by atoms with Gasteiger partial charge in [-0.05, 0) is 59.3 Å². The largest absolute Gasteiger partial charge is 0.321 e. The predicted octanol–water partition coefficient (Wildman–Crippen LogP) is 6.52. The van der Waals surface area contributed by atoms with E-state index in [1.807, 2.05) is 48.7 Å². The molecular weight excluding hydrogens is 414 g/mol. The number of nitrogens with one attached hydrogen (secondary N) is 1. The molecule has 146 valence electrons. The van der Waals surface area contributed by atoms with Crippen LogP contribution in [0, 0.1) is 4.91 Å². The maximum atomic E-state index is 12.6. The number of carbonyl (C=O) groups excluding carboxylic acids is 1. The van der Waals surface area contributed by atoms with Gasteiger partial charge in [-0.2, -0.15) is 0 Å². The topological polar surface area (TPSA) is 71.4 Å². The highest BCUT2D eigenvalue weighted by atomic mass is 32.2. The minimum Gasteiger partial charge on any atom is -0.321 e. The molecule has 1 aliphatic rings. The van der Waals surface area contributed by atoms with E-state index in [-0.39, 0.29) is 5.91 Å². The molecule has 1 amide bonds. The molecule has 0 unspecified atom stereocenters. The molecule has 7 heteroatoms. The van der Waals surface area contributed by atoms with Gasteiger partial charge < -0.3 is 5.32 Å². The molecule has 5 nitrogen and oxygen atoms in total. The molecule has 3 aromatic carbocycles. The third-order valence-corrected chi connectivity index (χ3v) is 6.99. The maximum Gasteiger partial charge on any atom is 0.256 e. The summed E-state index contributed by atoms with van der Waals surface area (Å²) in [5, 5.41) is 6.87.